The minimum Gasteiger partial charge on any atom is -0.496 e. The standard InChI is InChI=1S/C29H30O6.C7H10.C2H6O.C2H6/c1-32-27-11-8-21(29-16-23(31)15-25(17-30)34-29)13-22(27)12-19-6-9-24(10-7-19)33-18-26-14-20-4-2-3-5-28(20)35-26;1-7-5-3-2-4-6-7;1-2-3;1-2/h2-11,13-14,23,25,29-31H,12,15-18H2,1H3;3,5-6H,2,4H2,1H3;3H,2H2,1H3;1-2H3. The predicted molar refractivity (Wildman–Crippen MR) is 189 cm³/mol. The van der Waals surface area contributed by atoms with Gasteiger partial charge in [-0.05, 0) is 79.8 Å². The van der Waals surface area contributed by atoms with Crippen LogP contribution in [0.25, 0.3) is 11.0 Å². The number of fused-ring (bicyclic) bond motifs is 1. The molecule has 0 amide bonds. The first-order valence-electron chi connectivity index (χ1n) is 16.7. The smallest absolute Gasteiger partial charge is 0.146 e. The monoisotopic (exact) mass is 644 g/mol. The molecule has 254 valence electrons. The second kappa shape index (κ2) is 20.4. The van der Waals surface area contributed by atoms with Gasteiger partial charge in [0, 0.05) is 31.3 Å². The molecule has 3 unspecified atom stereocenters. The van der Waals surface area contributed by atoms with Crippen LogP contribution in [0.1, 0.15) is 81.9 Å². The molecule has 0 radical (unpaired) electrons. The number of allylic oxidation sites excluding steroid dienone is 4. The highest BCUT2D eigenvalue weighted by molar-refractivity contribution is 5.77. The van der Waals surface area contributed by atoms with Crippen LogP contribution in [0.4, 0.5) is 0 Å². The molecule has 6 rings (SSSR count). The number of aliphatic hydroxyl groups excluding tert-OH is 3. The summed E-state index contributed by atoms with van der Waals surface area (Å²) in [6, 6.07) is 23.9. The van der Waals surface area contributed by atoms with E-state index in [9.17, 15) is 10.2 Å². The van der Waals surface area contributed by atoms with Crippen molar-refractivity contribution < 1.29 is 33.9 Å². The molecular weight excluding hydrogens is 592 g/mol. The van der Waals surface area contributed by atoms with Gasteiger partial charge >= 0.3 is 0 Å². The normalized spacial score (nSPS) is 18.4. The van der Waals surface area contributed by atoms with Gasteiger partial charge in [-0.1, -0.05) is 74.0 Å². The summed E-state index contributed by atoms with van der Waals surface area (Å²) in [6.45, 7) is 8.34. The molecule has 47 heavy (non-hydrogen) atoms. The Morgan fingerprint density at radius 1 is 0.915 bits per heavy atom. The quantitative estimate of drug-likeness (QED) is 0.177. The summed E-state index contributed by atoms with van der Waals surface area (Å²) in [7, 11) is 1.66. The van der Waals surface area contributed by atoms with Crippen molar-refractivity contribution in [3.63, 3.8) is 0 Å². The number of ether oxygens (including phenoxy) is 3. The van der Waals surface area contributed by atoms with Crippen molar-refractivity contribution in [1.29, 1.82) is 0 Å². The first kappa shape index (κ1) is 37.6. The third kappa shape index (κ3) is 12.0. The van der Waals surface area contributed by atoms with Crippen LogP contribution in [0.3, 0.4) is 0 Å². The van der Waals surface area contributed by atoms with Gasteiger partial charge in [-0.2, -0.15) is 0 Å². The van der Waals surface area contributed by atoms with E-state index in [0.717, 1.165) is 44.9 Å². The number of rotatable bonds is 8. The largest absolute Gasteiger partial charge is 0.496 e. The number of hydrogen-bond donors (Lipinski definition) is 3. The number of para-hydroxylation sites is 1. The molecule has 1 aliphatic heterocycles. The molecule has 1 fully saturated rings. The Hall–Kier alpha value is -3.88. The van der Waals surface area contributed by atoms with E-state index in [1.165, 1.54) is 18.4 Å². The minimum atomic E-state index is -0.483. The summed E-state index contributed by atoms with van der Waals surface area (Å²) in [5.41, 5.74) is 5.40. The lowest BCUT2D eigenvalue weighted by molar-refractivity contribution is -0.113. The molecule has 4 aromatic rings. The molecule has 1 saturated heterocycles. The van der Waals surface area contributed by atoms with Crippen molar-refractivity contribution in [3.8, 4) is 11.5 Å². The Labute approximate surface area is 280 Å². The molecule has 3 N–H and O–H groups in total. The van der Waals surface area contributed by atoms with E-state index in [1.807, 2.05) is 80.6 Å². The van der Waals surface area contributed by atoms with Crippen molar-refractivity contribution in [1.82, 2.24) is 0 Å². The highest BCUT2D eigenvalue weighted by Gasteiger charge is 2.29. The summed E-state index contributed by atoms with van der Waals surface area (Å²) in [4.78, 5) is 0. The fraction of sp³-hybridized carbons (Fsp3) is 0.400. The van der Waals surface area contributed by atoms with E-state index in [4.69, 9.17) is 23.7 Å². The highest BCUT2D eigenvalue weighted by Crippen LogP contribution is 2.34. The van der Waals surface area contributed by atoms with Gasteiger partial charge < -0.3 is 33.9 Å². The van der Waals surface area contributed by atoms with Gasteiger partial charge in [-0.3, -0.25) is 0 Å². The van der Waals surface area contributed by atoms with E-state index in [0.29, 0.717) is 25.9 Å². The summed E-state index contributed by atoms with van der Waals surface area (Å²) < 4.78 is 23.3. The molecule has 0 bridgehead atoms. The Kier molecular flexibility index (Phi) is 16.3. The summed E-state index contributed by atoms with van der Waals surface area (Å²) in [6.07, 6.45) is 9.69. The van der Waals surface area contributed by atoms with Crippen molar-refractivity contribution in [2.45, 2.75) is 84.7 Å². The molecule has 0 spiro atoms. The zero-order valence-corrected chi connectivity index (χ0v) is 28.5. The molecule has 2 heterocycles. The molecule has 3 atom stereocenters. The zero-order chi connectivity index (χ0) is 34.0. The van der Waals surface area contributed by atoms with Gasteiger partial charge in [0.05, 0.1) is 32.0 Å². The fourth-order valence-electron chi connectivity index (χ4n) is 5.39. The lowest BCUT2D eigenvalue weighted by atomic mass is 9.93. The first-order valence-corrected chi connectivity index (χ1v) is 16.7. The second-order valence-corrected chi connectivity index (χ2v) is 11.2. The van der Waals surface area contributed by atoms with Gasteiger partial charge in [-0.25, -0.2) is 0 Å². The van der Waals surface area contributed by atoms with Gasteiger partial charge in [0.25, 0.3) is 0 Å². The summed E-state index contributed by atoms with van der Waals surface area (Å²) in [5, 5.41) is 28.3. The Bertz CT molecular complexity index is 1490. The molecule has 7 heteroatoms. The van der Waals surface area contributed by atoms with Crippen molar-refractivity contribution >= 4 is 11.0 Å². The van der Waals surface area contributed by atoms with E-state index in [1.54, 1.807) is 14.0 Å². The van der Waals surface area contributed by atoms with Crippen LogP contribution >= 0.6 is 0 Å². The fourth-order valence-corrected chi connectivity index (χ4v) is 5.39. The van der Waals surface area contributed by atoms with E-state index >= 15 is 0 Å². The molecular formula is C40H52O7. The third-order valence-electron chi connectivity index (χ3n) is 7.61. The molecule has 7 nitrogen and oxygen atoms in total. The molecule has 2 aliphatic rings. The average molecular weight is 645 g/mol. The zero-order valence-electron chi connectivity index (χ0n) is 28.5. The highest BCUT2D eigenvalue weighted by atomic mass is 16.5. The first-order chi connectivity index (χ1) is 22.9. The maximum atomic E-state index is 10.2. The predicted octanol–water partition coefficient (Wildman–Crippen LogP) is 8.49. The van der Waals surface area contributed by atoms with Crippen LogP contribution in [0.2, 0.25) is 0 Å². The number of benzene rings is 3. The maximum absolute atomic E-state index is 10.2. The molecule has 1 aliphatic carbocycles. The van der Waals surface area contributed by atoms with Crippen LogP contribution in [0.5, 0.6) is 11.5 Å². The van der Waals surface area contributed by atoms with E-state index < -0.39 is 6.10 Å². The van der Waals surface area contributed by atoms with Crippen molar-refractivity contribution in [3.05, 3.63) is 119 Å². The lowest BCUT2D eigenvalue weighted by Crippen LogP contribution is -2.33. The Morgan fingerprint density at radius 2 is 1.66 bits per heavy atom. The minimum absolute atomic E-state index is 0.0959. The average Bonchev–Trinajstić information content (AvgIpc) is 3.53. The number of hydrogen-bond acceptors (Lipinski definition) is 7. The summed E-state index contributed by atoms with van der Waals surface area (Å²) >= 11 is 0. The van der Waals surface area contributed by atoms with Crippen LogP contribution in [-0.4, -0.2) is 47.9 Å². The Balaban J connectivity index is 0.000000428. The van der Waals surface area contributed by atoms with Crippen LogP contribution in [0.15, 0.2) is 101 Å². The van der Waals surface area contributed by atoms with Gasteiger partial charge in [0.2, 0.25) is 0 Å². The topological polar surface area (TPSA) is 102 Å². The van der Waals surface area contributed by atoms with Crippen LogP contribution < -0.4 is 9.47 Å². The number of aliphatic hydroxyl groups is 3. The van der Waals surface area contributed by atoms with Crippen LogP contribution in [-0.2, 0) is 17.8 Å². The van der Waals surface area contributed by atoms with Crippen molar-refractivity contribution in [2.75, 3.05) is 20.3 Å². The molecule has 0 saturated carbocycles. The molecule has 3 aromatic carbocycles. The van der Waals surface area contributed by atoms with Crippen LogP contribution in [0, 0.1) is 0 Å². The Morgan fingerprint density at radius 3 is 2.28 bits per heavy atom. The molecule has 1 aromatic heterocycles. The van der Waals surface area contributed by atoms with Crippen molar-refractivity contribution in [2.24, 2.45) is 0 Å². The van der Waals surface area contributed by atoms with E-state index in [-0.39, 0.29) is 25.4 Å². The van der Waals surface area contributed by atoms with Gasteiger partial charge in [-0.15, -0.1) is 0 Å². The third-order valence-corrected chi connectivity index (χ3v) is 7.61. The lowest BCUT2D eigenvalue weighted by Gasteiger charge is -2.32. The SMILES string of the molecule is CC.CC1=CCCC=C1.CCO.COc1ccc(C2CC(O)CC(CO)O2)cc1Cc1ccc(OCc2cc3ccccc3o2)cc1. The maximum Gasteiger partial charge on any atom is 0.146 e. The van der Waals surface area contributed by atoms with Gasteiger partial charge in [0.1, 0.15) is 29.4 Å². The van der Waals surface area contributed by atoms with E-state index in [2.05, 4.69) is 31.2 Å². The van der Waals surface area contributed by atoms with Gasteiger partial charge in [0.15, 0.2) is 0 Å². The number of methoxy groups -OCH3 is 1. The number of furan rings is 1. The summed E-state index contributed by atoms with van der Waals surface area (Å²) in [5.74, 6) is 2.36. The second-order valence-electron chi connectivity index (χ2n) is 11.2.